The zero-order valence-corrected chi connectivity index (χ0v) is 12.0. The molecule has 1 heterocycles. The molecule has 2 aromatic rings. The van der Waals surface area contributed by atoms with Crippen molar-refractivity contribution >= 4 is 6.85 Å². The SMILES string of the molecule is CCCn1ccc(=O)n(B(C)Cc2ccccc2)c1=O. The minimum absolute atomic E-state index is 0.151. The Hall–Kier alpha value is -2.04. The first-order chi connectivity index (χ1) is 9.63. The smallest absolute Gasteiger partial charge is 0.307 e. The summed E-state index contributed by atoms with van der Waals surface area (Å²) in [5, 5.41) is 0. The molecule has 0 unspecified atom stereocenters. The van der Waals surface area contributed by atoms with Crippen LogP contribution in [0.2, 0.25) is 6.82 Å². The lowest BCUT2D eigenvalue weighted by atomic mass is 9.59. The predicted molar refractivity (Wildman–Crippen MR) is 82.4 cm³/mol. The molecule has 0 aliphatic carbocycles. The van der Waals surface area contributed by atoms with Gasteiger partial charge in [0.25, 0.3) is 6.85 Å². The molecule has 0 aliphatic rings. The fourth-order valence-electron chi connectivity index (χ4n) is 2.39. The Morgan fingerprint density at radius 3 is 2.45 bits per heavy atom. The molecule has 0 atom stereocenters. The Bertz CT molecular complexity index is 676. The molecule has 0 spiro atoms. The number of hydrogen-bond acceptors (Lipinski definition) is 2. The van der Waals surface area contributed by atoms with Crippen LogP contribution < -0.4 is 11.2 Å². The van der Waals surface area contributed by atoms with E-state index in [1.165, 1.54) is 10.5 Å². The van der Waals surface area contributed by atoms with Gasteiger partial charge < -0.3 is 9.05 Å². The van der Waals surface area contributed by atoms with Gasteiger partial charge in [-0.05, 0) is 12.7 Å². The van der Waals surface area contributed by atoms with Crippen molar-refractivity contribution in [1.82, 2.24) is 9.05 Å². The van der Waals surface area contributed by atoms with Crippen LogP contribution in [-0.4, -0.2) is 15.9 Å². The maximum atomic E-state index is 12.3. The lowest BCUT2D eigenvalue weighted by Crippen LogP contribution is -2.47. The maximum absolute atomic E-state index is 12.3. The second-order valence-corrected chi connectivity index (χ2v) is 5.04. The van der Waals surface area contributed by atoms with Crippen molar-refractivity contribution in [2.45, 2.75) is 33.0 Å². The number of hydrogen-bond donors (Lipinski definition) is 0. The van der Waals surface area contributed by atoms with Crippen molar-refractivity contribution in [3.05, 3.63) is 69.0 Å². The Morgan fingerprint density at radius 2 is 1.80 bits per heavy atom. The molecule has 20 heavy (non-hydrogen) atoms. The van der Waals surface area contributed by atoms with E-state index in [2.05, 4.69) is 0 Å². The highest BCUT2D eigenvalue weighted by Gasteiger charge is 2.16. The number of aryl methyl sites for hydroxylation is 1. The summed E-state index contributed by atoms with van der Waals surface area (Å²) in [6.07, 6.45) is 3.12. The Labute approximate surface area is 118 Å². The van der Waals surface area contributed by atoms with E-state index in [1.54, 1.807) is 10.8 Å². The van der Waals surface area contributed by atoms with Crippen molar-refractivity contribution in [2.24, 2.45) is 0 Å². The molecule has 0 amide bonds. The maximum Gasteiger partial charge on any atom is 0.318 e. The monoisotopic (exact) mass is 270 g/mol. The third kappa shape index (κ3) is 3.10. The summed E-state index contributed by atoms with van der Waals surface area (Å²) in [7, 11) is 0. The number of nitrogens with zero attached hydrogens (tertiary/aromatic N) is 2. The minimum Gasteiger partial charge on any atom is -0.307 e. The van der Waals surface area contributed by atoms with Gasteiger partial charge in [0, 0.05) is 18.8 Å². The van der Waals surface area contributed by atoms with Gasteiger partial charge in [0.1, 0.15) is 0 Å². The second kappa shape index (κ2) is 6.41. The quantitative estimate of drug-likeness (QED) is 0.776. The fraction of sp³-hybridized carbons (Fsp3) is 0.333. The van der Waals surface area contributed by atoms with Crippen LogP contribution in [-0.2, 0) is 12.9 Å². The summed E-state index contributed by atoms with van der Waals surface area (Å²) in [6.45, 7) is 4.40. The Morgan fingerprint density at radius 1 is 1.10 bits per heavy atom. The van der Waals surface area contributed by atoms with Crippen LogP contribution in [0.3, 0.4) is 0 Å². The van der Waals surface area contributed by atoms with E-state index in [0.29, 0.717) is 12.9 Å². The highest BCUT2D eigenvalue weighted by molar-refractivity contribution is 6.54. The highest BCUT2D eigenvalue weighted by atomic mass is 16.2. The van der Waals surface area contributed by atoms with E-state index in [0.717, 1.165) is 12.0 Å². The van der Waals surface area contributed by atoms with E-state index in [-0.39, 0.29) is 18.1 Å². The van der Waals surface area contributed by atoms with E-state index < -0.39 is 0 Å². The first-order valence-corrected chi connectivity index (χ1v) is 6.99. The van der Waals surface area contributed by atoms with Crippen LogP contribution in [0, 0.1) is 0 Å². The largest absolute Gasteiger partial charge is 0.318 e. The molecule has 0 radical (unpaired) electrons. The molecule has 1 aromatic carbocycles. The van der Waals surface area contributed by atoms with Gasteiger partial charge in [0.05, 0.1) is 0 Å². The average Bonchev–Trinajstić information content (AvgIpc) is 2.43. The lowest BCUT2D eigenvalue weighted by molar-refractivity contribution is 0.619. The van der Waals surface area contributed by atoms with Crippen molar-refractivity contribution in [2.75, 3.05) is 0 Å². The summed E-state index contributed by atoms with van der Waals surface area (Å²) in [5.74, 6) is 0. The summed E-state index contributed by atoms with van der Waals surface area (Å²) in [4.78, 5) is 24.3. The molecular formula is C15H19BN2O2. The van der Waals surface area contributed by atoms with Crippen molar-refractivity contribution in [3.8, 4) is 0 Å². The molecule has 0 aliphatic heterocycles. The van der Waals surface area contributed by atoms with Crippen LogP contribution in [0.4, 0.5) is 0 Å². The zero-order chi connectivity index (χ0) is 14.5. The Kier molecular flexibility index (Phi) is 4.61. The second-order valence-electron chi connectivity index (χ2n) is 5.04. The van der Waals surface area contributed by atoms with Crippen LogP contribution in [0.1, 0.15) is 18.9 Å². The third-order valence-corrected chi connectivity index (χ3v) is 3.37. The number of rotatable bonds is 5. The van der Waals surface area contributed by atoms with Gasteiger partial charge in [0.2, 0.25) is 5.56 Å². The Balaban J connectivity index is 2.34. The molecule has 104 valence electrons. The van der Waals surface area contributed by atoms with Gasteiger partial charge in [-0.15, -0.1) is 0 Å². The van der Waals surface area contributed by atoms with Gasteiger partial charge in [-0.3, -0.25) is 4.79 Å². The molecule has 4 nitrogen and oxygen atoms in total. The van der Waals surface area contributed by atoms with Crippen molar-refractivity contribution in [1.29, 1.82) is 0 Å². The fourth-order valence-corrected chi connectivity index (χ4v) is 2.39. The van der Waals surface area contributed by atoms with Crippen LogP contribution in [0.15, 0.2) is 52.2 Å². The first-order valence-electron chi connectivity index (χ1n) is 6.99. The van der Waals surface area contributed by atoms with Gasteiger partial charge in [-0.1, -0.05) is 49.6 Å². The van der Waals surface area contributed by atoms with Crippen LogP contribution in [0.5, 0.6) is 0 Å². The van der Waals surface area contributed by atoms with E-state index in [1.807, 2.05) is 44.1 Å². The molecule has 5 heteroatoms. The van der Waals surface area contributed by atoms with Crippen LogP contribution >= 0.6 is 0 Å². The molecule has 1 aromatic heterocycles. The summed E-state index contributed by atoms with van der Waals surface area (Å²) >= 11 is 0. The van der Waals surface area contributed by atoms with Crippen LogP contribution in [0.25, 0.3) is 0 Å². The van der Waals surface area contributed by atoms with Gasteiger partial charge >= 0.3 is 5.69 Å². The summed E-state index contributed by atoms with van der Waals surface area (Å²) in [6, 6.07) is 11.4. The van der Waals surface area contributed by atoms with E-state index in [4.69, 9.17) is 0 Å². The molecule has 0 fully saturated rings. The molecular weight excluding hydrogens is 251 g/mol. The average molecular weight is 270 g/mol. The predicted octanol–water partition coefficient (Wildman–Crippen LogP) is 1.67. The molecule has 0 bridgehead atoms. The number of benzene rings is 1. The summed E-state index contributed by atoms with van der Waals surface area (Å²) in [5.41, 5.74) is 0.672. The third-order valence-electron chi connectivity index (χ3n) is 3.37. The van der Waals surface area contributed by atoms with Crippen molar-refractivity contribution < 1.29 is 0 Å². The lowest BCUT2D eigenvalue weighted by Gasteiger charge is -2.13. The molecule has 0 saturated carbocycles. The topological polar surface area (TPSA) is 44.0 Å². The molecule has 2 rings (SSSR count). The summed E-state index contributed by atoms with van der Waals surface area (Å²) < 4.78 is 2.95. The normalized spacial score (nSPS) is 10.5. The van der Waals surface area contributed by atoms with E-state index in [9.17, 15) is 9.59 Å². The molecule has 0 saturated heterocycles. The highest BCUT2D eigenvalue weighted by Crippen LogP contribution is 2.02. The van der Waals surface area contributed by atoms with Gasteiger partial charge in [-0.25, -0.2) is 4.79 Å². The number of aromatic nitrogens is 2. The first kappa shape index (κ1) is 14.4. The van der Waals surface area contributed by atoms with Gasteiger partial charge in [0.15, 0.2) is 0 Å². The minimum atomic E-state index is -0.231. The standard InChI is InChI=1S/C15H19BN2O2/c1-3-10-17-11-9-14(19)18(15(17)20)16(2)12-13-7-5-4-6-8-13/h4-9,11H,3,10,12H2,1-2H3. The van der Waals surface area contributed by atoms with E-state index >= 15 is 0 Å². The molecule has 0 N–H and O–H groups in total. The zero-order valence-electron chi connectivity index (χ0n) is 12.0. The van der Waals surface area contributed by atoms with Gasteiger partial charge in [-0.2, -0.15) is 0 Å². The van der Waals surface area contributed by atoms with Crippen molar-refractivity contribution in [3.63, 3.8) is 0 Å².